The Morgan fingerprint density at radius 3 is 2.29 bits per heavy atom. The molecule has 4 nitrogen and oxygen atoms in total. The molecule has 0 bridgehead atoms. The molecule has 0 fully saturated rings. The molecule has 35 heavy (non-hydrogen) atoms. The Morgan fingerprint density at radius 1 is 0.800 bits per heavy atom. The highest BCUT2D eigenvalue weighted by atomic mass is 127. The Morgan fingerprint density at radius 2 is 1.49 bits per heavy atom. The Bertz CT molecular complexity index is 1550. The van der Waals surface area contributed by atoms with Crippen molar-refractivity contribution in [1.29, 1.82) is 0 Å². The number of carbonyl (C=O) groups excluding carboxylic acids is 1. The van der Waals surface area contributed by atoms with Gasteiger partial charge < -0.3 is 4.74 Å². The van der Waals surface area contributed by atoms with Crippen LogP contribution in [0.4, 0.5) is 0 Å². The van der Waals surface area contributed by atoms with Gasteiger partial charge in [0.25, 0.3) is 5.91 Å². The molecular weight excluding hydrogens is 662 g/mol. The summed E-state index contributed by atoms with van der Waals surface area (Å²) < 4.78 is 8.19. The third-order valence-electron chi connectivity index (χ3n) is 5.66. The van der Waals surface area contributed by atoms with Crippen molar-refractivity contribution < 1.29 is 9.53 Å². The number of halogens is 2. The van der Waals surface area contributed by atoms with E-state index in [-0.39, 0.29) is 5.91 Å². The fourth-order valence-corrected chi connectivity index (χ4v) is 6.05. The summed E-state index contributed by atoms with van der Waals surface area (Å²) in [7, 11) is 0. The molecule has 0 aromatic heterocycles. The largest absolute Gasteiger partial charge is 0.487 e. The van der Waals surface area contributed by atoms with E-state index >= 15 is 0 Å². The summed E-state index contributed by atoms with van der Waals surface area (Å²) in [6.07, 6.45) is 1.65. The van der Waals surface area contributed by atoms with Gasteiger partial charge in [-0.1, -0.05) is 72.8 Å². The number of fused-ring (bicyclic) bond motifs is 2. The number of benzene rings is 5. The first-order chi connectivity index (χ1) is 17.1. The first kappa shape index (κ1) is 23.7. The lowest BCUT2D eigenvalue weighted by atomic mass is 10.1. The van der Waals surface area contributed by atoms with Gasteiger partial charge in [-0.3, -0.25) is 4.79 Å². The van der Waals surface area contributed by atoms with Crippen molar-refractivity contribution in [2.45, 2.75) is 6.61 Å². The number of rotatable bonds is 6. The quantitative estimate of drug-likeness (QED) is 0.114. The molecule has 0 radical (unpaired) electrons. The van der Waals surface area contributed by atoms with Gasteiger partial charge >= 0.3 is 0 Å². The minimum Gasteiger partial charge on any atom is -0.487 e. The van der Waals surface area contributed by atoms with E-state index in [9.17, 15) is 4.79 Å². The van der Waals surface area contributed by atoms with Gasteiger partial charge in [-0.2, -0.15) is 5.10 Å². The summed E-state index contributed by atoms with van der Waals surface area (Å²) >= 11 is 4.55. The second-order valence-electron chi connectivity index (χ2n) is 8.00. The van der Waals surface area contributed by atoms with Gasteiger partial charge in [0.15, 0.2) is 0 Å². The first-order valence-corrected chi connectivity index (χ1v) is 13.1. The molecule has 0 spiro atoms. The normalized spacial score (nSPS) is 11.3. The predicted molar refractivity (Wildman–Crippen MR) is 159 cm³/mol. The second kappa shape index (κ2) is 10.7. The molecule has 0 aliphatic heterocycles. The first-order valence-electron chi connectivity index (χ1n) is 11.0. The second-order valence-corrected chi connectivity index (χ2v) is 10.3. The molecule has 0 heterocycles. The summed E-state index contributed by atoms with van der Waals surface area (Å²) in [6, 6.07) is 32.1. The van der Waals surface area contributed by atoms with Gasteiger partial charge in [0.1, 0.15) is 12.4 Å². The van der Waals surface area contributed by atoms with E-state index in [1.807, 2.05) is 60.7 Å². The van der Waals surface area contributed by atoms with Crippen LogP contribution in [-0.4, -0.2) is 12.1 Å². The average molecular weight is 682 g/mol. The maximum Gasteiger partial charge on any atom is 0.271 e. The zero-order valence-electron chi connectivity index (χ0n) is 18.5. The summed E-state index contributed by atoms with van der Waals surface area (Å²) in [5.41, 5.74) is 5.23. The highest BCUT2D eigenvalue weighted by molar-refractivity contribution is 14.1. The number of carbonyl (C=O) groups is 1. The third-order valence-corrected chi connectivity index (χ3v) is 7.27. The zero-order chi connectivity index (χ0) is 24.2. The van der Waals surface area contributed by atoms with Crippen LogP contribution in [0.5, 0.6) is 5.75 Å². The molecule has 0 unspecified atom stereocenters. The van der Waals surface area contributed by atoms with Crippen molar-refractivity contribution in [3.63, 3.8) is 0 Å². The maximum absolute atomic E-state index is 12.5. The lowest BCUT2D eigenvalue weighted by molar-refractivity contribution is 0.0955. The number of hydrogen-bond donors (Lipinski definition) is 1. The van der Waals surface area contributed by atoms with Crippen molar-refractivity contribution in [3.05, 3.63) is 121 Å². The molecule has 5 aromatic rings. The molecule has 5 rings (SSSR count). The van der Waals surface area contributed by atoms with Crippen LogP contribution < -0.4 is 10.2 Å². The van der Waals surface area contributed by atoms with Crippen LogP contribution in [0, 0.1) is 7.14 Å². The van der Waals surface area contributed by atoms with E-state index in [1.54, 1.807) is 12.3 Å². The summed E-state index contributed by atoms with van der Waals surface area (Å²) in [5, 5.41) is 8.69. The number of nitrogens with zero attached hydrogens (tertiary/aromatic N) is 1. The molecule has 0 aliphatic carbocycles. The predicted octanol–water partition coefficient (Wildman–Crippen LogP) is 7.55. The van der Waals surface area contributed by atoms with Crippen LogP contribution in [0.25, 0.3) is 21.5 Å². The van der Waals surface area contributed by atoms with Gasteiger partial charge in [-0.25, -0.2) is 5.43 Å². The molecule has 6 heteroatoms. The van der Waals surface area contributed by atoms with Crippen LogP contribution in [-0.2, 0) is 6.61 Å². The molecule has 0 saturated heterocycles. The SMILES string of the molecule is O=C(N/N=C\c1cc(I)c(OCc2cccc3ccccc23)c(I)c1)c1ccc2ccccc2c1. The minimum absolute atomic E-state index is 0.244. The molecule has 172 valence electrons. The molecular formula is C29H20I2N2O2. The van der Waals surface area contributed by atoms with Gasteiger partial charge in [-0.05, 0) is 102 Å². The number of ether oxygens (including phenoxy) is 1. The number of amides is 1. The highest BCUT2D eigenvalue weighted by Crippen LogP contribution is 2.30. The molecule has 0 aliphatic rings. The van der Waals surface area contributed by atoms with E-state index < -0.39 is 0 Å². The Balaban J connectivity index is 1.26. The minimum atomic E-state index is -0.244. The van der Waals surface area contributed by atoms with Crippen molar-refractivity contribution in [3.8, 4) is 5.75 Å². The van der Waals surface area contributed by atoms with E-state index in [4.69, 9.17) is 4.74 Å². The topological polar surface area (TPSA) is 50.7 Å². The molecule has 1 amide bonds. The lowest BCUT2D eigenvalue weighted by Gasteiger charge is -2.13. The van der Waals surface area contributed by atoms with Crippen molar-refractivity contribution in [1.82, 2.24) is 5.43 Å². The molecule has 1 N–H and O–H groups in total. The van der Waals surface area contributed by atoms with Gasteiger partial charge in [-0.15, -0.1) is 0 Å². The van der Waals surface area contributed by atoms with Crippen LogP contribution >= 0.6 is 45.2 Å². The maximum atomic E-state index is 12.5. The van der Waals surface area contributed by atoms with E-state index in [1.165, 1.54) is 10.8 Å². The Hall–Kier alpha value is -2.98. The molecule has 0 atom stereocenters. The molecule has 0 saturated carbocycles. The number of nitrogens with one attached hydrogen (secondary N) is 1. The van der Waals surface area contributed by atoms with E-state index in [2.05, 4.69) is 86.0 Å². The fourth-order valence-electron chi connectivity index (χ4n) is 3.92. The van der Waals surface area contributed by atoms with Crippen molar-refractivity contribution in [2.24, 2.45) is 5.10 Å². The van der Waals surface area contributed by atoms with Crippen LogP contribution in [0.2, 0.25) is 0 Å². The number of hydrogen-bond acceptors (Lipinski definition) is 3. The fraction of sp³-hybridized carbons (Fsp3) is 0.0345. The smallest absolute Gasteiger partial charge is 0.271 e. The van der Waals surface area contributed by atoms with Crippen LogP contribution in [0.3, 0.4) is 0 Å². The van der Waals surface area contributed by atoms with Gasteiger partial charge in [0, 0.05) is 5.56 Å². The highest BCUT2D eigenvalue weighted by Gasteiger charge is 2.10. The summed E-state index contributed by atoms with van der Waals surface area (Å²) in [6.45, 7) is 0.489. The monoisotopic (exact) mass is 682 g/mol. The van der Waals surface area contributed by atoms with Crippen LogP contribution in [0.1, 0.15) is 21.5 Å². The molecule has 5 aromatic carbocycles. The van der Waals surface area contributed by atoms with E-state index in [0.717, 1.165) is 34.8 Å². The summed E-state index contributed by atoms with van der Waals surface area (Å²) in [4.78, 5) is 12.5. The Labute approximate surface area is 230 Å². The van der Waals surface area contributed by atoms with Gasteiger partial charge in [0.05, 0.1) is 13.4 Å². The van der Waals surface area contributed by atoms with E-state index in [0.29, 0.717) is 12.2 Å². The van der Waals surface area contributed by atoms with Crippen molar-refractivity contribution in [2.75, 3.05) is 0 Å². The van der Waals surface area contributed by atoms with Crippen LogP contribution in [0.15, 0.2) is 102 Å². The third kappa shape index (κ3) is 5.48. The number of hydrazone groups is 1. The lowest BCUT2D eigenvalue weighted by Crippen LogP contribution is -2.17. The zero-order valence-corrected chi connectivity index (χ0v) is 22.9. The van der Waals surface area contributed by atoms with Gasteiger partial charge in [0.2, 0.25) is 0 Å². The summed E-state index contributed by atoms with van der Waals surface area (Å²) in [5.74, 6) is 0.600. The standard InChI is InChI=1S/C29H20I2N2O2/c30-26-14-19(17-32-33-29(34)23-13-12-20-6-1-2-8-22(20)16-23)15-27(31)28(26)35-18-24-10-5-9-21-7-3-4-11-25(21)24/h1-17H,18H2,(H,33,34)/b32-17-. The Kier molecular flexibility index (Phi) is 7.29. The average Bonchev–Trinajstić information content (AvgIpc) is 2.88. The van der Waals surface area contributed by atoms with Crippen molar-refractivity contribution >= 4 is 78.8 Å².